The molecule has 0 fully saturated rings. The van der Waals surface area contributed by atoms with Gasteiger partial charge in [0.25, 0.3) is 0 Å². The second-order valence-electron chi connectivity index (χ2n) is 13.4. The third kappa shape index (κ3) is 7.98. The number of hydrogen-bond donors (Lipinski definition) is 0. The van der Waals surface area contributed by atoms with Gasteiger partial charge in [-0.2, -0.15) is 0 Å². The summed E-state index contributed by atoms with van der Waals surface area (Å²) in [6.45, 7) is 8.58. The Morgan fingerprint density at radius 3 is 0.827 bits per heavy atom. The van der Waals surface area contributed by atoms with Gasteiger partial charge in [0.05, 0.1) is 0 Å². The summed E-state index contributed by atoms with van der Waals surface area (Å²) in [6, 6.07) is 60.8. The number of benzene rings is 7. The van der Waals surface area contributed by atoms with E-state index in [1.807, 2.05) is 0 Å². The van der Waals surface area contributed by atoms with E-state index in [1.165, 1.54) is 44.8 Å². The average Bonchev–Trinajstić information content (AvgIpc) is 3.18. The minimum Gasteiger partial charge on any atom is -0.310 e. The Kier molecular flexibility index (Phi) is 10.3. The highest BCUT2D eigenvalue weighted by atomic mass is 15.1. The molecule has 0 unspecified atom stereocenters. The highest BCUT2D eigenvalue weighted by Crippen LogP contribution is 2.38. The lowest BCUT2D eigenvalue weighted by atomic mass is 10.1. The highest BCUT2D eigenvalue weighted by molar-refractivity contribution is 5.81. The van der Waals surface area contributed by atoms with Crippen LogP contribution in [-0.2, 0) is 0 Å². The van der Waals surface area contributed by atoms with Crippen LogP contribution in [-0.4, -0.2) is 0 Å². The van der Waals surface area contributed by atoms with Gasteiger partial charge in [0.15, 0.2) is 0 Å². The topological polar surface area (TPSA) is 6.48 Å². The zero-order chi connectivity index (χ0) is 35.9. The van der Waals surface area contributed by atoms with Crippen LogP contribution >= 0.6 is 0 Å². The largest absolute Gasteiger partial charge is 0.310 e. The van der Waals surface area contributed by atoms with Gasteiger partial charge in [-0.25, -0.2) is 0 Å². The van der Waals surface area contributed by atoms with Crippen molar-refractivity contribution in [1.29, 1.82) is 0 Å². The van der Waals surface area contributed by atoms with Crippen molar-refractivity contribution < 1.29 is 0 Å². The Bertz CT molecular complexity index is 2130. The zero-order valence-electron chi connectivity index (χ0n) is 30.4. The molecule has 0 aliphatic rings. The van der Waals surface area contributed by atoms with Crippen molar-refractivity contribution in [3.8, 4) is 0 Å². The average molecular weight is 673 g/mol. The summed E-state index contributed by atoms with van der Waals surface area (Å²) in [5.41, 5.74) is 16.6. The molecule has 7 aromatic rings. The van der Waals surface area contributed by atoms with E-state index in [1.54, 1.807) is 0 Å². The van der Waals surface area contributed by atoms with E-state index in [0.717, 1.165) is 33.9 Å². The monoisotopic (exact) mass is 672 g/mol. The number of rotatable bonds is 10. The lowest BCUT2D eigenvalue weighted by molar-refractivity contribution is 1.24. The van der Waals surface area contributed by atoms with Crippen molar-refractivity contribution in [2.24, 2.45) is 0 Å². The first-order valence-electron chi connectivity index (χ1n) is 17.9. The molecule has 0 aliphatic heterocycles. The molecule has 7 rings (SSSR count). The molecule has 0 aromatic heterocycles. The van der Waals surface area contributed by atoms with Gasteiger partial charge in [-0.15, -0.1) is 0 Å². The van der Waals surface area contributed by atoms with Crippen LogP contribution in [0.15, 0.2) is 170 Å². The van der Waals surface area contributed by atoms with Crippen LogP contribution in [0.2, 0.25) is 0 Å². The van der Waals surface area contributed by atoms with Gasteiger partial charge in [0.1, 0.15) is 0 Å². The van der Waals surface area contributed by atoms with Crippen LogP contribution in [0.3, 0.4) is 0 Å². The van der Waals surface area contributed by atoms with Gasteiger partial charge in [0, 0.05) is 34.1 Å². The van der Waals surface area contributed by atoms with Gasteiger partial charge in [-0.3, -0.25) is 0 Å². The van der Waals surface area contributed by atoms with Crippen molar-refractivity contribution in [2.75, 3.05) is 9.80 Å². The first-order valence-corrected chi connectivity index (χ1v) is 17.9. The molecule has 0 heterocycles. The van der Waals surface area contributed by atoms with Gasteiger partial charge in [0.2, 0.25) is 0 Å². The van der Waals surface area contributed by atoms with E-state index in [-0.39, 0.29) is 0 Å². The highest BCUT2D eigenvalue weighted by Gasteiger charge is 2.15. The minimum atomic E-state index is 1.14. The molecule has 0 bridgehead atoms. The molecule has 0 atom stereocenters. The number of para-hydroxylation sites is 2. The van der Waals surface area contributed by atoms with E-state index in [0.29, 0.717) is 0 Å². The molecule has 2 heteroatoms. The van der Waals surface area contributed by atoms with Gasteiger partial charge in [-0.05, 0) is 122 Å². The number of anilines is 6. The quantitative estimate of drug-likeness (QED) is 0.133. The Labute approximate surface area is 309 Å². The fraction of sp³-hybridized carbons (Fsp3) is 0.0800. The standard InChI is InChI=1S/C50H44N2/c1-37-13-29-45(30-14-37)51(49-11-7-5-9-39(49)3)47-33-25-43(26-34-47)23-21-41-17-19-42(20-18-41)22-24-44-27-35-48(36-28-44)52(46-31-15-38(2)16-32-46)50-12-8-6-10-40(50)4/h5-36H,1-4H3. The fourth-order valence-corrected chi connectivity index (χ4v) is 6.44. The lowest BCUT2D eigenvalue weighted by Crippen LogP contribution is -2.11. The summed E-state index contributed by atoms with van der Waals surface area (Å²) >= 11 is 0. The van der Waals surface area contributed by atoms with Crippen molar-refractivity contribution >= 4 is 58.4 Å². The maximum Gasteiger partial charge on any atom is 0.0490 e. The molecular formula is C50H44N2. The van der Waals surface area contributed by atoms with Crippen LogP contribution in [0, 0.1) is 27.7 Å². The molecule has 7 aromatic carbocycles. The smallest absolute Gasteiger partial charge is 0.0490 e. The predicted molar refractivity (Wildman–Crippen MR) is 225 cm³/mol. The summed E-state index contributed by atoms with van der Waals surface area (Å²) in [7, 11) is 0. The molecule has 0 aliphatic carbocycles. The van der Waals surface area contributed by atoms with E-state index in [9.17, 15) is 0 Å². The number of aryl methyl sites for hydroxylation is 4. The second kappa shape index (κ2) is 15.7. The number of hydrogen-bond acceptors (Lipinski definition) is 2. The van der Waals surface area contributed by atoms with Crippen LogP contribution in [0.1, 0.15) is 44.5 Å². The Morgan fingerprint density at radius 1 is 0.288 bits per heavy atom. The molecule has 0 radical (unpaired) electrons. The summed E-state index contributed by atoms with van der Waals surface area (Å²) in [5, 5.41) is 0. The van der Waals surface area contributed by atoms with Crippen molar-refractivity contribution in [1.82, 2.24) is 0 Å². The maximum atomic E-state index is 2.33. The normalized spacial score (nSPS) is 11.3. The van der Waals surface area contributed by atoms with Crippen molar-refractivity contribution in [2.45, 2.75) is 27.7 Å². The summed E-state index contributed by atoms with van der Waals surface area (Å²) < 4.78 is 0. The van der Waals surface area contributed by atoms with Crippen LogP contribution in [0.4, 0.5) is 34.1 Å². The van der Waals surface area contributed by atoms with Gasteiger partial charge < -0.3 is 9.80 Å². The maximum absolute atomic E-state index is 2.33. The molecular weight excluding hydrogens is 629 g/mol. The third-order valence-corrected chi connectivity index (χ3v) is 9.47. The minimum absolute atomic E-state index is 1.14. The Hall–Kier alpha value is -6.38. The summed E-state index contributed by atoms with van der Waals surface area (Å²) in [5.74, 6) is 0. The molecule has 0 spiro atoms. The van der Waals surface area contributed by atoms with Crippen LogP contribution in [0.25, 0.3) is 24.3 Å². The van der Waals surface area contributed by atoms with Gasteiger partial charge >= 0.3 is 0 Å². The van der Waals surface area contributed by atoms with E-state index in [2.05, 4.69) is 232 Å². The molecule has 0 saturated carbocycles. The molecule has 2 nitrogen and oxygen atoms in total. The second-order valence-corrected chi connectivity index (χ2v) is 13.4. The first kappa shape index (κ1) is 34.1. The molecule has 0 amide bonds. The SMILES string of the molecule is Cc1ccc(N(c2ccc(C=Cc3ccc(C=Cc4ccc(N(c5ccc(C)cc5)c5ccccc5C)cc4)cc3)cc2)c2ccccc2C)cc1. The van der Waals surface area contributed by atoms with E-state index >= 15 is 0 Å². The lowest BCUT2D eigenvalue weighted by Gasteiger charge is -2.27. The Balaban J connectivity index is 1.03. The van der Waals surface area contributed by atoms with Gasteiger partial charge in [-0.1, -0.05) is 145 Å². The first-order chi connectivity index (χ1) is 25.4. The van der Waals surface area contributed by atoms with E-state index in [4.69, 9.17) is 0 Å². The summed E-state index contributed by atoms with van der Waals surface area (Å²) in [6.07, 6.45) is 8.71. The Morgan fingerprint density at radius 2 is 0.538 bits per heavy atom. The molecule has 254 valence electrons. The van der Waals surface area contributed by atoms with Crippen LogP contribution in [0.5, 0.6) is 0 Å². The zero-order valence-corrected chi connectivity index (χ0v) is 30.4. The third-order valence-electron chi connectivity index (χ3n) is 9.47. The fourth-order valence-electron chi connectivity index (χ4n) is 6.44. The molecule has 52 heavy (non-hydrogen) atoms. The molecule has 0 saturated heterocycles. The predicted octanol–water partition coefficient (Wildman–Crippen LogP) is 14.2. The van der Waals surface area contributed by atoms with Crippen molar-refractivity contribution in [3.05, 3.63) is 214 Å². The van der Waals surface area contributed by atoms with Crippen molar-refractivity contribution in [3.63, 3.8) is 0 Å². The van der Waals surface area contributed by atoms with E-state index < -0.39 is 0 Å². The number of nitrogens with zero attached hydrogens (tertiary/aromatic N) is 2. The van der Waals surface area contributed by atoms with Crippen LogP contribution < -0.4 is 9.80 Å². The summed E-state index contributed by atoms with van der Waals surface area (Å²) in [4.78, 5) is 4.66. The molecule has 0 N–H and O–H groups in total.